The van der Waals surface area contributed by atoms with Gasteiger partial charge in [0, 0.05) is 31.2 Å². The van der Waals surface area contributed by atoms with Gasteiger partial charge in [0.15, 0.2) is 12.4 Å². The van der Waals surface area contributed by atoms with E-state index in [1.54, 1.807) is 60.7 Å². The predicted molar refractivity (Wildman–Crippen MR) is 172 cm³/mol. The first kappa shape index (κ1) is 29.7. The number of Topliss-reactive ketones (excluding diaryl/α,β-unsaturated/α-hetero) is 1. The molecule has 4 aromatic rings. The van der Waals surface area contributed by atoms with Crippen molar-refractivity contribution in [2.24, 2.45) is 11.8 Å². The maximum atomic E-state index is 13.3. The Hall–Kier alpha value is -3.40. The Bertz CT molecular complexity index is 1750. The highest BCUT2D eigenvalue weighted by Gasteiger charge is 2.52. The molecule has 2 heterocycles. The van der Waals surface area contributed by atoms with Crippen LogP contribution in [0.2, 0.25) is 5.02 Å². The van der Waals surface area contributed by atoms with Crippen LogP contribution in [-0.4, -0.2) is 44.8 Å². The van der Waals surface area contributed by atoms with Crippen LogP contribution in [0.25, 0.3) is 22.2 Å². The molecule has 1 saturated heterocycles. The number of amides is 2. The maximum Gasteiger partial charge on any atom is 0.339 e. The van der Waals surface area contributed by atoms with E-state index >= 15 is 0 Å². The summed E-state index contributed by atoms with van der Waals surface area (Å²) in [5.74, 6) is -2.05. The van der Waals surface area contributed by atoms with Gasteiger partial charge in [-0.25, -0.2) is 9.78 Å². The summed E-state index contributed by atoms with van der Waals surface area (Å²) in [6, 6.07) is 20.6. The Labute approximate surface area is 269 Å². The molecule has 7 nitrogen and oxygen atoms in total. The molecule has 1 aromatic heterocycles. The number of imide groups is 1. The summed E-state index contributed by atoms with van der Waals surface area (Å²) in [4.78, 5) is 58.6. The predicted octanol–water partition coefficient (Wildman–Crippen LogP) is 7.33. The number of carbonyl (C=O) groups excluding carboxylic acids is 4. The number of aromatic nitrogens is 1. The van der Waals surface area contributed by atoms with Crippen molar-refractivity contribution in [3.8, 4) is 11.3 Å². The van der Waals surface area contributed by atoms with Crippen LogP contribution in [0.3, 0.4) is 0 Å². The summed E-state index contributed by atoms with van der Waals surface area (Å²) in [6.07, 6.45) is 1.19. The largest absolute Gasteiger partial charge is 0.454 e. The number of nitrogens with zero attached hydrogens (tertiary/aromatic N) is 2. The molecule has 218 valence electrons. The van der Waals surface area contributed by atoms with Gasteiger partial charge in [-0.15, -0.1) is 0 Å². The molecular weight excluding hydrogens is 700 g/mol. The maximum absolute atomic E-state index is 13.3. The van der Waals surface area contributed by atoms with Crippen LogP contribution in [-0.2, 0) is 14.3 Å². The number of fused-ring (bicyclic) bond motifs is 2. The molecule has 6 rings (SSSR count). The Morgan fingerprint density at radius 1 is 0.907 bits per heavy atom. The van der Waals surface area contributed by atoms with Gasteiger partial charge >= 0.3 is 5.97 Å². The standard InChI is InChI=1S/C33H25Br2ClN2O5/c1-17-2-4-19(5-3-17)30(39)16-43-33(42)25-15-29(37-28-11-8-20(36)12-22(25)28)18-6-9-21(10-7-18)38-31(40)23-13-26(34)27(35)14-24(23)32(38)41/h2-12,15,23-24,26-27H,13-14,16H2,1H3. The number of pyridine rings is 1. The van der Waals surface area contributed by atoms with Crippen LogP contribution >= 0.6 is 43.5 Å². The fourth-order valence-electron chi connectivity index (χ4n) is 5.68. The van der Waals surface area contributed by atoms with Gasteiger partial charge in [0.1, 0.15) is 0 Å². The number of ether oxygens (including phenoxy) is 1. The molecule has 4 unspecified atom stereocenters. The lowest BCUT2D eigenvalue weighted by Gasteiger charge is -2.29. The normalized spacial score (nSPS) is 21.6. The van der Waals surface area contributed by atoms with Crippen LogP contribution in [0, 0.1) is 18.8 Å². The monoisotopic (exact) mass is 722 g/mol. The summed E-state index contributed by atoms with van der Waals surface area (Å²) >= 11 is 13.5. The van der Waals surface area contributed by atoms with Crippen LogP contribution in [0.15, 0.2) is 72.8 Å². The smallest absolute Gasteiger partial charge is 0.339 e. The average Bonchev–Trinajstić information content (AvgIpc) is 3.24. The molecular formula is C33H25Br2ClN2O5. The number of hydrogen-bond acceptors (Lipinski definition) is 6. The molecule has 3 aromatic carbocycles. The molecule has 1 aliphatic heterocycles. The molecule has 0 radical (unpaired) electrons. The van der Waals surface area contributed by atoms with E-state index < -0.39 is 12.6 Å². The molecule has 1 saturated carbocycles. The van der Waals surface area contributed by atoms with Gasteiger partial charge in [0.25, 0.3) is 0 Å². The first-order chi connectivity index (χ1) is 20.6. The molecule has 10 heteroatoms. The number of alkyl halides is 2. The second-order valence-corrected chi connectivity index (χ2v) is 13.6. The fourth-order valence-corrected chi connectivity index (χ4v) is 7.09. The van der Waals surface area contributed by atoms with Crippen LogP contribution in [0.4, 0.5) is 5.69 Å². The number of aryl methyl sites for hydroxylation is 1. The zero-order valence-electron chi connectivity index (χ0n) is 22.9. The van der Waals surface area contributed by atoms with Gasteiger partial charge in [-0.2, -0.15) is 0 Å². The molecule has 1 aliphatic carbocycles. The summed E-state index contributed by atoms with van der Waals surface area (Å²) in [5.41, 5.74) is 3.85. The Morgan fingerprint density at radius 2 is 1.53 bits per heavy atom. The third-order valence-corrected chi connectivity index (χ3v) is 11.0. The summed E-state index contributed by atoms with van der Waals surface area (Å²) in [5, 5.41) is 0.917. The molecule has 4 atom stereocenters. The van der Waals surface area contributed by atoms with E-state index in [9.17, 15) is 19.2 Å². The van der Waals surface area contributed by atoms with Gasteiger partial charge in [-0.05, 0) is 56.2 Å². The fraction of sp³-hybridized carbons (Fsp3) is 0.242. The molecule has 2 amide bonds. The third-order valence-electron chi connectivity index (χ3n) is 8.03. The minimum Gasteiger partial charge on any atom is -0.454 e. The van der Waals surface area contributed by atoms with Crippen molar-refractivity contribution in [3.63, 3.8) is 0 Å². The zero-order valence-corrected chi connectivity index (χ0v) is 26.9. The van der Waals surface area contributed by atoms with Gasteiger partial charge in [0.2, 0.25) is 11.8 Å². The number of ketones is 1. The van der Waals surface area contributed by atoms with Gasteiger partial charge in [0.05, 0.1) is 34.3 Å². The molecule has 0 spiro atoms. The first-order valence-electron chi connectivity index (χ1n) is 13.7. The van der Waals surface area contributed by atoms with E-state index in [-0.39, 0.29) is 44.7 Å². The van der Waals surface area contributed by atoms with Crippen LogP contribution in [0.5, 0.6) is 0 Å². The van der Waals surface area contributed by atoms with Crippen molar-refractivity contribution in [2.75, 3.05) is 11.5 Å². The minimum atomic E-state index is -0.681. The summed E-state index contributed by atoms with van der Waals surface area (Å²) in [6.45, 7) is 1.51. The zero-order chi connectivity index (χ0) is 30.4. The lowest BCUT2D eigenvalue weighted by Crippen LogP contribution is -2.34. The van der Waals surface area contributed by atoms with Gasteiger partial charge < -0.3 is 4.74 Å². The SMILES string of the molecule is Cc1ccc(C(=O)COC(=O)c2cc(-c3ccc(N4C(=O)C5CC(Br)C(Br)CC5C4=O)cc3)nc3ccc(Cl)cc23)cc1. The van der Waals surface area contributed by atoms with E-state index in [4.69, 9.17) is 21.3 Å². The number of hydrogen-bond donors (Lipinski definition) is 0. The van der Waals surface area contributed by atoms with Crippen molar-refractivity contribution in [1.82, 2.24) is 4.98 Å². The average molecular weight is 725 g/mol. The minimum absolute atomic E-state index is 0.128. The summed E-state index contributed by atoms with van der Waals surface area (Å²) in [7, 11) is 0. The van der Waals surface area contributed by atoms with Crippen LogP contribution < -0.4 is 4.90 Å². The quantitative estimate of drug-likeness (QED) is 0.0896. The molecule has 2 aliphatic rings. The van der Waals surface area contributed by atoms with Gasteiger partial charge in [-0.1, -0.05) is 85.4 Å². The lowest BCUT2D eigenvalue weighted by atomic mass is 9.81. The van der Waals surface area contributed by atoms with E-state index in [1.165, 1.54) is 4.90 Å². The Morgan fingerprint density at radius 3 is 2.16 bits per heavy atom. The van der Waals surface area contributed by atoms with Gasteiger partial charge in [-0.3, -0.25) is 19.3 Å². The van der Waals surface area contributed by atoms with E-state index in [1.807, 2.05) is 19.1 Å². The topological polar surface area (TPSA) is 93.6 Å². The van der Waals surface area contributed by atoms with Crippen molar-refractivity contribution >= 4 is 83.6 Å². The van der Waals surface area contributed by atoms with E-state index in [2.05, 4.69) is 31.9 Å². The molecule has 43 heavy (non-hydrogen) atoms. The van der Waals surface area contributed by atoms with E-state index in [0.29, 0.717) is 51.3 Å². The molecule has 0 bridgehead atoms. The second-order valence-electron chi connectivity index (χ2n) is 10.9. The van der Waals surface area contributed by atoms with Crippen molar-refractivity contribution in [2.45, 2.75) is 29.4 Å². The second kappa shape index (κ2) is 11.9. The third kappa shape index (κ3) is 5.78. The number of carbonyl (C=O) groups is 4. The number of anilines is 1. The van der Waals surface area contributed by atoms with Crippen molar-refractivity contribution in [3.05, 3.63) is 94.5 Å². The lowest BCUT2D eigenvalue weighted by molar-refractivity contribution is -0.122. The van der Waals surface area contributed by atoms with Crippen molar-refractivity contribution < 1.29 is 23.9 Å². The summed E-state index contributed by atoms with van der Waals surface area (Å²) < 4.78 is 5.44. The number of rotatable bonds is 6. The highest BCUT2D eigenvalue weighted by atomic mass is 79.9. The molecule has 0 N–H and O–H groups in total. The highest BCUT2D eigenvalue weighted by molar-refractivity contribution is 9.12. The Balaban J connectivity index is 1.27. The first-order valence-corrected chi connectivity index (χ1v) is 16.0. The van der Waals surface area contributed by atoms with Crippen LogP contribution in [0.1, 0.15) is 39.1 Å². The number of halogens is 3. The van der Waals surface area contributed by atoms with Crippen molar-refractivity contribution in [1.29, 1.82) is 0 Å². The number of esters is 1. The molecule has 2 fully saturated rings. The van der Waals surface area contributed by atoms with E-state index in [0.717, 1.165) is 5.56 Å². The number of benzene rings is 3. The Kier molecular flexibility index (Phi) is 8.24. The highest BCUT2D eigenvalue weighted by Crippen LogP contribution is 2.44.